The number of aryl methyl sites for hydroxylation is 2. The van der Waals surface area contributed by atoms with Gasteiger partial charge in [0.15, 0.2) is 11.5 Å². The molecule has 100 valence electrons. The van der Waals surface area contributed by atoms with E-state index in [2.05, 4.69) is 24.7 Å². The van der Waals surface area contributed by atoms with E-state index in [-0.39, 0.29) is 17.4 Å². The molecule has 0 fully saturated rings. The maximum absolute atomic E-state index is 12.8. The number of halogens is 2. The molecule has 6 nitrogen and oxygen atoms in total. The Bertz CT molecular complexity index is 614. The Kier molecular flexibility index (Phi) is 2.51. The molecule has 1 aromatic heterocycles. The van der Waals surface area contributed by atoms with Crippen LogP contribution in [-0.2, 0) is 12.8 Å². The van der Waals surface area contributed by atoms with Crippen LogP contribution in [0.1, 0.15) is 11.4 Å². The predicted molar refractivity (Wildman–Crippen MR) is 60.8 cm³/mol. The highest BCUT2D eigenvalue weighted by atomic mass is 19.3. The van der Waals surface area contributed by atoms with Crippen LogP contribution in [0.15, 0.2) is 18.2 Å². The lowest BCUT2D eigenvalue weighted by Crippen LogP contribution is -2.25. The number of fused-ring (bicyclic) bond motifs is 1. The van der Waals surface area contributed by atoms with Crippen molar-refractivity contribution < 1.29 is 18.3 Å². The molecule has 0 saturated carbocycles. The van der Waals surface area contributed by atoms with Gasteiger partial charge < -0.3 is 15.2 Å². The largest absolute Gasteiger partial charge is 0.586 e. The number of nitrogen functional groups attached to an aromatic ring is 1. The minimum absolute atomic E-state index is 0.0395. The fourth-order valence-electron chi connectivity index (χ4n) is 1.83. The minimum atomic E-state index is -3.58. The van der Waals surface area contributed by atoms with Gasteiger partial charge in [-0.15, -0.1) is 13.9 Å². The number of nitrogens with one attached hydrogen (secondary N) is 1. The van der Waals surface area contributed by atoms with Gasteiger partial charge in [0.05, 0.1) is 0 Å². The normalized spacial score (nSPS) is 15.7. The molecule has 3 rings (SSSR count). The van der Waals surface area contributed by atoms with Crippen molar-refractivity contribution in [1.82, 2.24) is 15.2 Å². The fourth-order valence-corrected chi connectivity index (χ4v) is 1.83. The predicted octanol–water partition coefficient (Wildman–Crippen LogP) is 1.49. The molecular formula is C11H10F2N4O2. The second kappa shape index (κ2) is 4.08. The number of rotatable bonds is 3. The molecule has 1 aromatic carbocycles. The summed E-state index contributed by atoms with van der Waals surface area (Å²) in [6.07, 6.45) is -2.42. The maximum atomic E-state index is 12.8. The van der Waals surface area contributed by atoms with Crippen LogP contribution in [0.5, 0.6) is 11.5 Å². The van der Waals surface area contributed by atoms with Crippen LogP contribution >= 0.6 is 0 Å². The number of hydrogen-bond donors (Lipinski definition) is 2. The fraction of sp³-hybridized carbons (Fsp3) is 0.273. The summed E-state index contributed by atoms with van der Waals surface area (Å²) in [6.45, 7) is 0. The third kappa shape index (κ3) is 2.42. The van der Waals surface area contributed by atoms with E-state index in [0.29, 0.717) is 18.7 Å². The molecule has 0 bridgehead atoms. The number of nitrogens with two attached hydrogens (primary N) is 1. The number of anilines is 1. The Labute approximate surface area is 106 Å². The lowest BCUT2D eigenvalue weighted by atomic mass is 10.1. The molecule has 2 heterocycles. The van der Waals surface area contributed by atoms with E-state index in [1.54, 1.807) is 6.07 Å². The van der Waals surface area contributed by atoms with Crippen molar-refractivity contribution in [3.8, 4) is 11.5 Å². The van der Waals surface area contributed by atoms with E-state index >= 15 is 0 Å². The number of benzene rings is 1. The first-order valence-corrected chi connectivity index (χ1v) is 5.57. The van der Waals surface area contributed by atoms with Crippen LogP contribution < -0.4 is 15.2 Å². The Morgan fingerprint density at radius 2 is 2.00 bits per heavy atom. The molecular weight excluding hydrogens is 258 g/mol. The molecule has 0 radical (unpaired) electrons. The van der Waals surface area contributed by atoms with Gasteiger partial charge in [0.1, 0.15) is 5.82 Å². The van der Waals surface area contributed by atoms with Crippen molar-refractivity contribution in [3.05, 3.63) is 29.6 Å². The SMILES string of the molecule is Nc1n[nH]c(CCc2ccc3c(c2)OC(F)(F)O3)n1. The third-order valence-electron chi connectivity index (χ3n) is 2.67. The number of hydrogen-bond acceptors (Lipinski definition) is 5. The summed E-state index contributed by atoms with van der Waals surface area (Å²) in [7, 11) is 0. The highest BCUT2D eigenvalue weighted by molar-refractivity contribution is 5.45. The summed E-state index contributed by atoms with van der Waals surface area (Å²) in [5.74, 6) is 0.901. The molecule has 3 N–H and O–H groups in total. The van der Waals surface area contributed by atoms with Gasteiger partial charge in [0.2, 0.25) is 5.95 Å². The summed E-state index contributed by atoms with van der Waals surface area (Å²) < 4.78 is 34.4. The first-order valence-electron chi connectivity index (χ1n) is 5.57. The third-order valence-corrected chi connectivity index (χ3v) is 2.67. The molecule has 0 saturated heterocycles. The van der Waals surface area contributed by atoms with E-state index in [1.807, 2.05) is 0 Å². The first kappa shape index (κ1) is 11.7. The second-order valence-electron chi connectivity index (χ2n) is 4.09. The average molecular weight is 268 g/mol. The Hall–Kier alpha value is -2.38. The van der Waals surface area contributed by atoms with Crippen molar-refractivity contribution in [1.29, 1.82) is 0 Å². The molecule has 1 aliphatic heterocycles. The Balaban J connectivity index is 1.70. The highest BCUT2D eigenvalue weighted by Gasteiger charge is 2.43. The number of H-pyrrole nitrogens is 1. The molecule has 8 heteroatoms. The van der Waals surface area contributed by atoms with Gasteiger partial charge in [-0.2, -0.15) is 4.98 Å². The van der Waals surface area contributed by atoms with E-state index in [9.17, 15) is 8.78 Å². The van der Waals surface area contributed by atoms with Crippen LogP contribution in [0.4, 0.5) is 14.7 Å². The number of nitrogens with zero attached hydrogens (tertiary/aromatic N) is 2. The van der Waals surface area contributed by atoms with Crippen LogP contribution in [0.2, 0.25) is 0 Å². The molecule has 19 heavy (non-hydrogen) atoms. The monoisotopic (exact) mass is 268 g/mol. The van der Waals surface area contributed by atoms with Gasteiger partial charge >= 0.3 is 6.29 Å². The van der Waals surface area contributed by atoms with E-state index < -0.39 is 6.29 Å². The summed E-state index contributed by atoms with van der Waals surface area (Å²) in [6, 6.07) is 4.68. The van der Waals surface area contributed by atoms with Gasteiger partial charge in [0, 0.05) is 6.42 Å². The van der Waals surface area contributed by atoms with Crippen molar-refractivity contribution >= 4 is 5.95 Å². The van der Waals surface area contributed by atoms with Gasteiger partial charge in [-0.25, -0.2) is 0 Å². The van der Waals surface area contributed by atoms with Gasteiger partial charge in [-0.1, -0.05) is 6.07 Å². The molecule has 0 atom stereocenters. The summed E-state index contributed by atoms with van der Waals surface area (Å²) in [4.78, 5) is 3.96. The average Bonchev–Trinajstić information content (AvgIpc) is 2.87. The first-order chi connectivity index (χ1) is 9.02. The summed E-state index contributed by atoms with van der Waals surface area (Å²) in [5, 5.41) is 6.38. The Morgan fingerprint density at radius 3 is 2.74 bits per heavy atom. The van der Waals surface area contributed by atoms with Crippen molar-refractivity contribution in [2.45, 2.75) is 19.1 Å². The quantitative estimate of drug-likeness (QED) is 0.880. The topological polar surface area (TPSA) is 86.0 Å². The lowest BCUT2D eigenvalue weighted by molar-refractivity contribution is -0.286. The van der Waals surface area contributed by atoms with Crippen LogP contribution in [0.25, 0.3) is 0 Å². The lowest BCUT2D eigenvalue weighted by Gasteiger charge is -2.04. The van der Waals surface area contributed by atoms with Crippen molar-refractivity contribution in [3.63, 3.8) is 0 Å². The van der Waals surface area contributed by atoms with E-state index in [1.165, 1.54) is 12.1 Å². The minimum Gasteiger partial charge on any atom is -0.395 e. The molecule has 2 aromatic rings. The van der Waals surface area contributed by atoms with Gasteiger partial charge in [-0.3, -0.25) is 5.10 Å². The zero-order chi connectivity index (χ0) is 13.5. The molecule has 0 unspecified atom stereocenters. The molecule has 1 aliphatic rings. The molecule has 0 spiro atoms. The molecule has 0 aliphatic carbocycles. The Morgan fingerprint density at radius 1 is 1.21 bits per heavy atom. The zero-order valence-corrected chi connectivity index (χ0v) is 9.69. The van der Waals surface area contributed by atoms with Crippen molar-refractivity contribution in [2.75, 3.05) is 5.73 Å². The van der Waals surface area contributed by atoms with Gasteiger partial charge in [0.25, 0.3) is 0 Å². The molecule has 0 amide bonds. The summed E-state index contributed by atoms with van der Waals surface area (Å²) in [5.41, 5.74) is 6.21. The van der Waals surface area contributed by atoms with Crippen LogP contribution in [0.3, 0.4) is 0 Å². The number of aromatic amines is 1. The highest BCUT2D eigenvalue weighted by Crippen LogP contribution is 2.41. The zero-order valence-electron chi connectivity index (χ0n) is 9.69. The number of ether oxygens (including phenoxy) is 2. The maximum Gasteiger partial charge on any atom is 0.586 e. The standard InChI is InChI=1S/C11H10F2N4O2/c12-11(13)18-7-3-1-6(5-8(7)19-11)2-4-9-15-10(14)17-16-9/h1,3,5H,2,4H2,(H3,14,15,16,17). The van der Waals surface area contributed by atoms with Crippen LogP contribution in [-0.4, -0.2) is 21.5 Å². The number of alkyl halides is 2. The van der Waals surface area contributed by atoms with E-state index in [0.717, 1.165) is 5.56 Å². The second-order valence-corrected chi connectivity index (χ2v) is 4.09. The van der Waals surface area contributed by atoms with Crippen LogP contribution in [0, 0.1) is 0 Å². The van der Waals surface area contributed by atoms with E-state index in [4.69, 9.17) is 5.73 Å². The smallest absolute Gasteiger partial charge is 0.395 e. The summed E-state index contributed by atoms with van der Waals surface area (Å²) >= 11 is 0. The van der Waals surface area contributed by atoms with Gasteiger partial charge in [-0.05, 0) is 24.1 Å². The van der Waals surface area contributed by atoms with Crippen molar-refractivity contribution in [2.24, 2.45) is 0 Å². The number of aromatic nitrogens is 3.